The Morgan fingerprint density at radius 2 is 1.89 bits per heavy atom. The van der Waals surface area contributed by atoms with E-state index in [0.717, 1.165) is 11.1 Å². The monoisotopic (exact) mass is 290 g/mol. The fraction of sp³-hybridized carbons (Fsp3) is 0.538. The summed E-state index contributed by atoms with van der Waals surface area (Å²) < 4.78 is 27.2. The molecule has 0 saturated heterocycles. The van der Waals surface area contributed by atoms with E-state index >= 15 is 0 Å². The maximum atomic E-state index is 10.8. The van der Waals surface area contributed by atoms with E-state index in [9.17, 15) is 8.42 Å². The van der Waals surface area contributed by atoms with Crippen molar-refractivity contribution < 1.29 is 13.2 Å². The molecule has 0 fully saturated rings. The second kappa shape index (κ2) is 5.49. The summed E-state index contributed by atoms with van der Waals surface area (Å²) in [5.41, 5.74) is 2.16. The molecule has 1 aromatic rings. The van der Waals surface area contributed by atoms with Crippen LogP contribution in [0, 0.1) is 6.92 Å². The summed E-state index contributed by atoms with van der Waals surface area (Å²) in [7, 11) is 1.64. The van der Waals surface area contributed by atoms with Gasteiger partial charge in [0.15, 0.2) is 0 Å². The molecule has 0 aliphatic heterocycles. The van der Waals surface area contributed by atoms with Crippen molar-refractivity contribution in [3.8, 4) is 5.75 Å². The van der Waals surface area contributed by atoms with Gasteiger partial charge in [0, 0.05) is 10.7 Å². The Morgan fingerprint density at radius 3 is 2.39 bits per heavy atom. The van der Waals surface area contributed by atoms with Crippen LogP contribution in [0.5, 0.6) is 5.75 Å². The van der Waals surface area contributed by atoms with Crippen LogP contribution in [-0.4, -0.2) is 20.8 Å². The number of aryl methyl sites for hydroxylation is 1. The largest absolute Gasteiger partial charge is 0.492 e. The molecule has 1 aromatic carbocycles. The zero-order valence-corrected chi connectivity index (χ0v) is 12.7. The molecule has 0 aliphatic rings. The first kappa shape index (κ1) is 15.3. The van der Waals surface area contributed by atoms with Crippen LogP contribution in [-0.2, 0) is 14.5 Å². The molecule has 5 heteroatoms. The summed E-state index contributed by atoms with van der Waals surface area (Å²) in [5, 5.41) is 0. The second-order valence-corrected chi connectivity index (χ2v) is 8.24. The van der Waals surface area contributed by atoms with Crippen LogP contribution in [0.25, 0.3) is 0 Å². The number of rotatable bonds is 4. The maximum absolute atomic E-state index is 10.8. The standard InChI is InChI=1S/C13H19ClO3S/c1-10-5-6-12(11(9-10)13(2,3)4)17-7-8-18(14,15)16/h5-6,9H,7-8H2,1-4H3. The van der Waals surface area contributed by atoms with Gasteiger partial charge >= 0.3 is 0 Å². The number of ether oxygens (including phenoxy) is 1. The van der Waals surface area contributed by atoms with Crippen molar-refractivity contribution in [1.29, 1.82) is 0 Å². The molecule has 0 aliphatic carbocycles. The first-order chi connectivity index (χ1) is 8.09. The van der Waals surface area contributed by atoms with E-state index in [1.165, 1.54) is 0 Å². The third kappa shape index (κ3) is 4.86. The predicted molar refractivity (Wildman–Crippen MR) is 75.0 cm³/mol. The predicted octanol–water partition coefficient (Wildman–Crippen LogP) is 3.24. The molecule has 0 heterocycles. The molecule has 0 atom stereocenters. The maximum Gasteiger partial charge on any atom is 0.235 e. The third-order valence-corrected chi connectivity index (χ3v) is 3.65. The highest BCUT2D eigenvalue weighted by Crippen LogP contribution is 2.32. The minimum atomic E-state index is -3.50. The topological polar surface area (TPSA) is 43.4 Å². The second-order valence-electron chi connectivity index (χ2n) is 5.34. The van der Waals surface area contributed by atoms with Crippen molar-refractivity contribution in [2.45, 2.75) is 33.1 Å². The van der Waals surface area contributed by atoms with Gasteiger partial charge in [-0.2, -0.15) is 0 Å². The Hall–Kier alpha value is -0.740. The van der Waals surface area contributed by atoms with Gasteiger partial charge in [0.2, 0.25) is 9.05 Å². The van der Waals surface area contributed by atoms with Crippen molar-refractivity contribution in [1.82, 2.24) is 0 Å². The smallest absolute Gasteiger partial charge is 0.235 e. The van der Waals surface area contributed by atoms with Gasteiger partial charge in [0.25, 0.3) is 0 Å². The fourth-order valence-electron chi connectivity index (χ4n) is 1.61. The Labute approximate surface area is 114 Å². The Morgan fingerprint density at radius 1 is 1.28 bits per heavy atom. The molecule has 102 valence electrons. The molecule has 18 heavy (non-hydrogen) atoms. The van der Waals surface area contributed by atoms with E-state index in [0.29, 0.717) is 5.75 Å². The average Bonchev–Trinajstić information content (AvgIpc) is 2.17. The number of hydrogen-bond donors (Lipinski definition) is 0. The fourth-order valence-corrected chi connectivity index (χ4v) is 2.08. The summed E-state index contributed by atoms with van der Waals surface area (Å²) in [6, 6.07) is 5.88. The molecular weight excluding hydrogens is 272 g/mol. The van der Waals surface area contributed by atoms with Crippen molar-refractivity contribution >= 4 is 19.7 Å². The Kier molecular flexibility index (Phi) is 4.67. The molecular formula is C13H19ClO3S. The van der Waals surface area contributed by atoms with E-state index in [2.05, 4.69) is 26.8 Å². The summed E-state index contributed by atoms with van der Waals surface area (Å²) >= 11 is 0. The first-order valence-electron chi connectivity index (χ1n) is 5.76. The number of halogens is 1. The highest BCUT2D eigenvalue weighted by Gasteiger charge is 2.19. The van der Waals surface area contributed by atoms with Crippen LogP contribution in [0.4, 0.5) is 0 Å². The van der Waals surface area contributed by atoms with E-state index < -0.39 is 9.05 Å². The van der Waals surface area contributed by atoms with Gasteiger partial charge in [0.1, 0.15) is 12.4 Å². The Bertz CT molecular complexity index is 516. The highest BCUT2D eigenvalue weighted by molar-refractivity contribution is 8.13. The van der Waals surface area contributed by atoms with Gasteiger partial charge < -0.3 is 4.74 Å². The lowest BCUT2D eigenvalue weighted by Gasteiger charge is -2.23. The summed E-state index contributed by atoms with van der Waals surface area (Å²) in [6.45, 7) is 8.35. The SMILES string of the molecule is Cc1ccc(OCCS(=O)(=O)Cl)c(C(C)(C)C)c1. The van der Waals surface area contributed by atoms with Crippen LogP contribution in [0.2, 0.25) is 0 Å². The van der Waals surface area contributed by atoms with Gasteiger partial charge in [-0.05, 0) is 24.0 Å². The molecule has 3 nitrogen and oxygen atoms in total. The van der Waals surface area contributed by atoms with Gasteiger partial charge in [-0.3, -0.25) is 0 Å². The van der Waals surface area contributed by atoms with Crippen LogP contribution < -0.4 is 4.74 Å². The van der Waals surface area contributed by atoms with E-state index in [-0.39, 0.29) is 17.8 Å². The molecule has 0 spiro atoms. The lowest BCUT2D eigenvalue weighted by atomic mass is 9.85. The summed E-state index contributed by atoms with van der Waals surface area (Å²) in [6.07, 6.45) is 0. The van der Waals surface area contributed by atoms with Crippen LogP contribution in [0.1, 0.15) is 31.9 Å². The van der Waals surface area contributed by atoms with Crippen LogP contribution >= 0.6 is 10.7 Å². The molecule has 0 amide bonds. The summed E-state index contributed by atoms with van der Waals surface area (Å²) in [4.78, 5) is 0. The molecule has 0 unspecified atom stereocenters. The zero-order chi connectivity index (χ0) is 14.0. The molecule has 1 rings (SSSR count). The number of benzene rings is 1. The minimum Gasteiger partial charge on any atom is -0.492 e. The normalized spacial score (nSPS) is 12.5. The summed E-state index contributed by atoms with van der Waals surface area (Å²) in [5.74, 6) is 0.528. The van der Waals surface area contributed by atoms with Crippen molar-refractivity contribution in [2.24, 2.45) is 0 Å². The molecule has 0 saturated carbocycles. The van der Waals surface area contributed by atoms with Gasteiger partial charge in [-0.15, -0.1) is 0 Å². The van der Waals surface area contributed by atoms with E-state index in [1.807, 2.05) is 19.1 Å². The third-order valence-electron chi connectivity index (χ3n) is 2.53. The number of hydrogen-bond acceptors (Lipinski definition) is 3. The van der Waals surface area contributed by atoms with Gasteiger partial charge in [-0.1, -0.05) is 38.5 Å². The quantitative estimate of drug-likeness (QED) is 0.800. The highest BCUT2D eigenvalue weighted by atomic mass is 35.7. The van der Waals surface area contributed by atoms with Gasteiger partial charge in [-0.25, -0.2) is 8.42 Å². The molecule has 0 bridgehead atoms. The van der Waals surface area contributed by atoms with Gasteiger partial charge in [0.05, 0.1) is 5.75 Å². The minimum absolute atomic E-state index is 0.0544. The first-order valence-corrected chi connectivity index (χ1v) is 8.24. The van der Waals surface area contributed by atoms with E-state index in [1.54, 1.807) is 0 Å². The molecule has 0 aromatic heterocycles. The van der Waals surface area contributed by atoms with Crippen molar-refractivity contribution in [3.05, 3.63) is 29.3 Å². The molecule has 0 radical (unpaired) electrons. The van der Waals surface area contributed by atoms with Crippen LogP contribution in [0.3, 0.4) is 0 Å². The lowest BCUT2D eigenvalue weighted by Crippen LogP contribution is -2.16. The van der Waals surface area contributed by atoms with Crippen LogP contribution in [0.15, 0.2) is 18.2 Å². The lowest BCUT2D eigenvalue weighted by molar-refractivity contribution is 0.331. The van der Waals surface area contributed by atoms with Crippen molar-refractivity contribution in [2.75, 3.05) is 12.4 Å². The zero-order valence-electron chi connectivity index (χ0n) is 11.2. The molecule has 0 N–H and O–H groups in total. The van der Waals surface area contributed by atoms with Crippen molar-refractivity contribution in [3.63, 3.8) is 0 Å². The van der Waals surface area contributed by atoms with E-state index in [4.69, 9.17) is 15.4 Å². The Balaban J connectivity index is 2.89. The average molecular weight is 291 g/mol.